The largest absolute Gasteiger partial charge is 0.357 e. The Morgan fingerprint density at radius 2 is 2.04 bits per heavy atom. The lowest BCUT2D eigenvalue weighted by molar-refractivity contribution is 0.424. The Morgan fingerprint density at radius 1 is 1.29 bits per heavy atom. The number of rotatable bonds is 9. The van der Waals surface area contributed by atoms with Crippen molar-refractivity contribution in [1.29, 1.82) is 0 Å². The van der Waals surface area contributed by atoms with Gasteiger partial charge in [0, 0.05) is 26.2 Å². The highest BCUT2D eigenvalue weighted by Gasteiger charge is 2.13. The van der Waals surface area contributed by atoms with Crippen LogP contribution in [0.5, 0.6) is 0 Å². The molecule has 0 aromatic heterocycles. The molecule has 2 N–H and O–H groups in total. The fourth-order valence-corrected chi connectivity index (χ4v) is 3.10. The highest BCUT2D eigenvalue weighted by Crippen LogP contribution is 2.04. The predicted molar refractivity (Wildman–Crippen MR) is 95.9 cm³/mol. The Kier molecular flexibility index (Phi) is 8.70. The number of benzene rings is 1. The van der Waals surface area contributed by atoms with Crippen LogP contribution in [0, 0.1) is 5.82 Å². The SMILES string of the molecule is CCNC(=NCc1cccc(F)c1)NCCCN(CC)S(C)(=O)=O. The van der Waals surface area contributed by atoms with Crippen LogP contribution in [0.25, 0.3) is 0 Å². The Bertz CT molecular complexity index is 635. The number of halogens is 1. The quantitative estimate of drug-likeness (QED) is 0.399. The first-order valence-electron chi connectivity index (χ1n) is 8.08. The first-order chi connectivity index (χ1) is 11.4. The van der Waals surface area contributed by atoms with Gasteiger partial charge in [0.05, 0.1) is 12.8 Å². The normalized spacial score (nSPS) is 12.5. The van der Waals surface area contributed by atoms with Crippen molar-refractivity contribution in [2.75, 3.05) is 32.4 Å². The second-order valence-corrected chi connectivity index (χ2v) is 7.34. The van der Waals surface area contributed by atoms with Gasteiger partial charge in [-0.1, -0.05) is 19.1 Å². The van der Waals surface area contributed by atoms with Crippen molar-refractivity contribution in [3.05, 3.63) is 35.6 Å². The lowest BCUT2D eigenvalue weighted by atomic mass is 10.2. The lowest BCUT2D eigenvalue weighted by Crippen LogP contribution is -2.39. The van der Waals surface area contributed by atoms with Crippen LogP contribution < -0.4 is 10.6 Å². The summed E-state index contributed by atoms with van der Waals surface area (Å²) in [6, 6.07) is 6.34. The maximum Gasteiger partial charge on any atom is 0.211 e. The minimum Gasteiger partial charge on any atom is -0.357 e. The van der Waals surface area contributed by atoms with Crippen LogP contribution in [0.2, 0.25) is 0 Å². The molecule has 6 nitrogen and oxygen atoms in total. The van der Waals surface area contributed by atoms with E-state index in [1.54, 1.807) is 6.07 Å². The summed E-state index contributed by atoms with van der Waals surface area (Å²) >= 11 is 0. The second kappa shape index (κ2) is 10.2. The molecule has 1 aromatic rings. The van der Waals surface area contributed by atoms with Gasteiger partial charge in [-0.2, -0.15) is 0 Å². The highest BCUT2D eigenvalue weighted by molar-refractivity contribution is 7.88. The van der Waals surface area contributed by atoms with Crippen molar-refractivity contribution in [3.63, 3.8) is 0 Å². The van der Waals surface area contributed by atoms with E-state index in [0.29, 0.717) is 45.1 Å². The molecular formula is C16H27FN4O2S. The Labute approximate surface area is 144 Å². The first-order valence-corrected chi connectivity index (χ1v) is 9.93. The van der Waals surface area contributed by atoms with Crippen LogP contribution in [-0.4, -0.2) is 51.1 Å². The van der Waals surface area contributed by atoms with Crippen molar-refractivity contribution in [1.82, 2.24) is 14.9 Å². The van der Waals surface area contributed by atoms with E-state index >= 15 is 0 Å². The molecule has 1 aromatic carbocycles. The number of nitrogens with zero attached hydrogens (tertiary/aromatic N) is 2. The molecule has 0 saturated carbocycles. The van der Waals surface area contributed by atoms with Gasteiger partial charge in [-0.25, -0.2) is 22.1 Å². The lowest BCUT2D eigenvalue weighted by Gasteiger charge is -2.18. The van der Waals surface area contributed by atoms with Gasteiger partial charge in [-0.05, 0) is 31.0 Å². The summed E-state index contributed by atoms with van der Waals surface area (Å²) in [5.41, 5.74) is 0.793. The molecule has 8 heteroatoms. The Hall–Kier alpha value is -1.67. The molecule has 0 bridgehead atoms. The van der Waals surface area contributed by atoms with Gasteiger partial charge < -0.3 is 10.6 Å². The maximum absolute atomic E-state index is 13.2. The van der Waals surface area contributed by atoms with Crippen LogP contribution >= 0.6 is 0 Å². The van der Waals surface area contributed by atoms with E-state index in [1.165, 1.54) is 22.7 Å². The third kappa shape index (κ3) is 7.74. The summed E-state index contributed by atoms with van der Waals surface area (Å²) in [7, 11) is -3.15. The molecule has 0 spiro atoms. The molecule has 0 heterocycles. The van der Waals surface area contributed by atoms with Crippen molar-refractivity contribution in [2.24, 2.45) is 4.99 Å². The number of hydrogen-bond donors (Lipinski definition) is 2. The molecule has 0 saturated heterocycles. The van der Waals surface area contributed by atoms with E-state index < -0.39 is 10.0 Å². The van der Waals surface area contributed by atoms with Crippen LogP contribution in [-0.2, 0) is 16.6 Å². The molecule has 0 aliphatic heterocycles. The van der Waals surface area contributed by atoms with Gasteiger partial charge >= 0.3 is 0 Å². The molecule has 24 heavy (non-hydrogen) atoms. The minimum absolute atomic E-state index is 0.277. The van der Waals surface area contributed by atoms with E-state index in [0.717, 1.165) is 5.56 Å². The summed E-state index contributed by atoms with van der Waals surface area (Å²) in [6.07, 6.45) is 1.89. The summed E-state index contributed by atoms with van der Waals surface area (Å²) in [4.78, 5) is 4.41. The van der Waals surface area contributed by atoms with E-state index in [2.05, 4.69) is 15.6 Å². The molecule has 0 aliphatic rings. The van der Waals surface area contributed by atoms with E-state index in [9.17, 15) is 12.8 Å². The molecule has 0 atom stereocenters. The smallest absolute Gasteiger partial charge is 0.211 e. The van der Waals surface area contributed by atoms with Gasteiger partial charge in [-0.15, -0.1) is 0 Å². The molecule has 136 valence electrons. The molecule has 0 fully saturated rings. The van der Waals surface area contributed by atoms with Crippen LogP contribution in [0.1, 0.15) is 25.8 Å². The molecule has 0 amide bonds. The van der Waals surface area contributed by atoms with Gasteiger partial charge in [0.2, 0.25) is 10.0 Å². The topological polar surface area (TPSA) is 73.8 Å². The van der Waals surface area contributed by atoms with Crippen LogP contribution in [0.15, 0.2) is 29.3 Å². The monoisotopic (exact) mass is 358 g/mol. The molecule has 1 rings (SSSR count). The van der Waals surface area contributed by atoms with Crippen molar-refractivity contribution >= 4 is 16.0 Å². The van der Waals surface area contributed by atoms with Crippen LogP contribution in [0.3, 0.4) is 0 Å². The third-order valence-corrected chi connectivity index (χ3v) is 4.73. The Morgan fingerprint density at radius 3 is 2.62 bits per heavy atom. The van der Waals surface area contributed by atoms with E-state index in [1.807, 2.05) is 19.9 Å². The summed E-state index contributed by atoms with van der Waals surface area (Å²) in [5, 5.41) is 6.27. The van der Waals surface area contributed by atoms with E-state index in [4.69, 9.17) is 0 Å². The zero-order valence-corrected chi connectivity index (χ0v) is 15.4. The standard InChI is InChI=1S/C16H27FN4O2S/c1-4-18-16(20-13-14-8-6-9-15(17)12-14)19-10-7-11-21(5-2)24(3,22)23/h6,8-9,12H,4-5,7,10-11,13H2,1-3H3,(H2,18,19,20). The number of nitrogens with one attached hydrogen (secondary N) is 2. The summed E-state index contributed by atoms with van der Waals surface area (Å²) in [5.74, 6) is 0.352. The van der Waals surface area contributed by atoms with Gasteiger partial charge in [0.15, 0.2) is 5.96 Å². The van der Waals surface area contributed by atoms with E-state index in [-0.39, 0.29) is 5.82 Å². The van der Waals surface area contributed by atoms with Crippen molar-refractivity contribution in [3.8, 4) is 0 Å². The van der Waals surface area contributed by atoms with Crippen molar-refractivity contribution < 1.29 is 12.8 Å². The average molecular weight is 358 g/mol. The fraction of sp³-hybridized carbons (Fsp3) is 0.562. The van der Waals surface area contributed by atoms with Gasteiger partial charge in [0.1, 0.15) is 5.82 Å². The third-order valence-electron chi connectivity index (χ3n) is 3.35. The molecule has 0 aliphatic carbocycles. The fourth-order valence-electron chi connectivity index (χ4n) is 2.17. The van der Waals surface area contributed by atoms with Gasteiger partial charge in [-0.3, -0.25) is 0 Å². The highest BCUT2D eigenvalue weighted by atomic mass is 32.2. The number of guanidine groups is 1. The number of sulfonamides is 1. The maximum atomic E-state index is 13.2. The minimum atomic E-state index is -3.15. The Balaban J connectivity index is 2.49. The van der Waals surface area contributed by atoms with Crippen molar-refractivity contribution in [2.45, 2.75) is 26.8 Å². The summed E-state index contributed by atoms with van der Waals surface area (Å²) in [6.45, 7) is 6.39. The second-order valence-electron chi connectivity index (χ2n) is 5.36. The molecule has 0 radical (unpaired) electrons. The van der Waals surface area contributed by atoms with Gasteiger partial charge in [0.25, 0.3) is 0 Å². The number of hydrogen-bond acceptors (Lipinski definition) is 3. The molecule has 0 unspecified atom stereocenters. The average Bonchev–Trinajstić information content (AvgIpc) is 2.51. The number of aliphatic imine (C=N–C) groups is 1. The predicted octanol–water partition coefficient (Wildman–Crippen LogP) is 1.55. The molecular weight excluding hydrogens is 331 g/mol. The first kappa shape index (κ1) is 20.4. The zero-order valence-electron chi connectivity index (χ0n) is 14.5. The zero-order chi connectivity index (χ0) is 18.0. The summed E-state index contributed by atoms with van der Waals surface area (Å²) < 4.78 is 37.6. The van der Waals surface area contributed by atoms with Crippen LogP contribution in [0.4, 0.5) is 4.39 Å².